The van der Waals surface area contributed by atoms with Gasteiger partial charge in [-0.2, -0.15) is 0 Å². The molecule has 1 aliphatic rings. The van der Waals surface area contributed by atoms with Crippen LogP contribution in [0.5, 0.6) is 0 Å². The Kier molecular flexibility index (Phi) is 5.72. The summed E-state index contributed by atoms with van der Waals surface area (Å²) in [7, 11) is 0. The van der Waals surface area contributed by atoms with E-state index in [2.05, 4.69) is 0 Å². The van der Waals surface area contributed by atoms with Gasteiger partial charge in [-0.3, -0.25) is 18.7 Å². The Bertz CT molecular complexity index is 974. The first kappa shape index (κ1) is 19.3. The third-order valence-electron chi connectivity index (χ3n) is 4.97. The normalized spacial score (nSPS) is 14.8. The summed E-state index contributed by atoms with van der Waals surface area (Å²) in [5.41, 5.74) is -1.10. The van der Waals surface area contributed by atoms with Gasteiger partial charge in [-0.15, -0.1) is 0 Å². The van der Waals surface area contributed by atoms with Crippen LogP contribution in [-0.2, 0) is 16.1 Å². The minimum Gasteiger partial charge on any atom is -0.466 e. The SMILES string of the molecule is CCOC(=O)CCCn1c(=O)c2cc(F)c(F)cc2n(C2CCCC2)c1=O. The molecule has 0 aliphatic heterocycles. The average Bonchev–Trinajstić information content (AvgIpc) is 3.14. The highest BCUT2D eigenvalue weighted by Crippen LogP contribution is 2.30. The van der Waals surface area contributed by atoms with E-state index in [9.17, 15) is 23.2 Å². The highest BCUT2D eigenvalue weighted by molar-refractivity contribution is 5.78. The molecule has 0 amide bonds. The fraction of sp³-hybridized carbons (Fsp3) is 0.526. The first-order valence-electron chi connectivity index (χ1n) is 9.23. The van der Waals surface area contributed by atoms with Crippen LogP contribution in [0.2, 0.25) is 0 Å². The van der Waals surface area contributed by atoms with E-state index in [0.29, 0.717) is 0 Å². The summed E-state index contributed by atoms with van der Waals surface area (Å²) in [4.78, 5) is 37.2. The van der Waals surface area contributed by atoms with Crippen LogP contribution in [0.3, 0.4) is 0 Å². The lowest BCUT2D eigenvalue weighted by atomic mass is 10.1. The number of ether oxygens (including phenoxy) is 1. The van der Waals surface area contributed by atoms with Gasteiger partial charge in [0.05, 0.1) is 17.5 Å². The van der Waals surface area contributed by atoms with Gasteiger partial charge in [0.25, 0.3) is 5.56 Å². The lowest BCUT2D eigenvalue weighted by Crippen LogP contribution is -2.41. The molecule has 2 aromatic rings. The molecule has 1 heterocycles. The van der Waals surface area contributed by atoms with E-state index in [4.69, 9.17) is 4.74 Å². The Morgan fingerprint density at radius 1 is 1.19 bits per heavy atom. The van der Waals surface area contributed by atoms with E-state index in [1.54, 1.807) is 6.92 Å². The quantitative estimate of drug-likeness (QED) is 0.723. The van der Waals surface area contributed by atoms with Gasteiger partial charge >= 0.3 is 11.7 Å². The number of esters is 1. The summed E-state index contributed by atoms with van der Waals surface area (Å²) in [5.74, 6) is -2.63. The lowest BCUT2D eigenvalue weighted by Gasteiger charge is -2.19. The molecule has 0 saturated heterocycles. The fourth-order valence-electron chi connectivity index (χ4n) is 3.70. The van der Waals surface area contributed by atoms with Gasteiger partial charge in [0.2, 0.25) is 0 Å². The zero-order valence-corrected chi connectivity index (χ0v) is 15.2. The van der Waals surface area contributed by atoms with Gasteiger partial charge in [0.15, 0.2) is 11.6 Å². The Labute approximate surface area is 154 Å². The molecule has 0 radical (unpaired) electrons. The number of carbonyl (C=O) groups is 1. The summed E-state index contributed by atoms with van der Waals surface area (Å²) < 4.78 is 34.8. The van der Waals surface area contributed by atoms with Crippen molar-refractivity contribution in [2.75, 3.05) is 6.61 Å². The van der Waals surface area contributed by atoms with E-state index in [-0.39, 0.29) is 42.9 Å². The first-order valence-corrected chi connectivity index (χ1v) is 9.23. The lowest BCUT2D eigenvalue weighted by molar-refractivity contribution is -0.143. The van der Waals surface area contributed by atoms with E-state index in [1.807, 2.05) is 0 Å². The Morgan fingerprint density at radius 3 is 2.52 bits per heavy atom. The Balaban J connectivity index is 2.08. The minimum absolute atomic E-state index is 0.0120. The third-order valence-corrected chi connectivity index (χ3v) is 4.97. The summed E-state index contributed by atoms with van der Waals surface area (Å²) in [6.45, 7) is 1.96. The van der Waals surface area contributed by atoms with Crippen LogP contribution in [-0.4, -0.2) is 21.7 Å². The van der Waals surface area contributed by atoms with E-state index < -0.39 is 28.9 Å². The summed E-state index contributed by atoms with van der Waals surface area (Å²) in [6.07, 6.45) is 3.67. The number of hydrogen-bond donors (Lipinski definition) is 0. The molecule has 27 heavy (non-hydrogen) atoms. The maximum absolute atomic E-state index is 13.8. The number of nitrogens with zero attached hydrogens (tertiary/aromatic N) is 2. The van der Waals surface area contributed by atoms with Crippen LogP contribution in [0.1, 0.15) is 51.5 Å². The van der Waals surface area contributed by atoms with Crippen molar-refractivity contribution in [2.45, 2.75) is 58.0 Å². The summed E-state index contributed by atoms with van der Waals surface area (Å²) in [6, 6.07) is 1.62. The van der Waals surface area contributed by atoms with Crippen molar-refractivity contribution in [3.05, 3.63) is 44.6 Å². The van der Waals surface area contributed by atoms with E-state index >= 15 is 0 Å². The highest BCUT2D eigenvalue weighted by atomic mass is 19.2. The maximum Gasteiger partial charge on any atom is 0.331 e. The van der Waals surface area contributed by atoms with E-state index in [1.165, 1.54) is 4.57 Å². The second kappa shape index (κ2) is 8.02. The van der Waals surface area contributed by atoms with Gasteiger partial charge in [0, 0.05) is 25.1 Å². The Hall–Kier alpha value is -2.51. The van der Waals surface area contributed by atoms with Crippen molar-refractivity contribution in [2.24, 2.45) is 0 Å². The molecule has 1 aromatic carbocycles. The van der Waals surface area contributed by atoms with Crippen LogP contribution in [0.15, 0.2) is 21.7 Å². The van der Waals surface area contributed by atoms with Crippen molar-refractivity contribution >= 4 is 16.9 Å². The molecule has 0 spiro atoms. The van der Waals surface area contributed by atoms with Gasteiger partial charge in [0.1, 0.15) is 0 Å². The average molecular weight is 380 g/mol. The van der Waals surface area contributed by atoms with Gasteiger partial charge in [-0.05, 0) is 32.3 Å². The molecule has 0 atom stereocenters. The number of aromatic nitrogens is 2. The standard InChI is InChI=1S/C19H22F2N2O4/c1-2-27-17(24)8-5-9-22-18(25)13-10-14(20)15(21)11-16(13)23(19(22)26)12-6-3-4-7-12/h10-12H,2-9H2,1H3. The van der Waals surface area contributed by atoms with Crippen LogP contribution in [0, 0.1) is 11.6 Å². The molecule has 1 fully saturated rings. The predicted octanol–water partition coefficient (Wildman–Crippen LogP) is 2.90. The fourth-order valence-corrected chi connectivity index (χ4v) is 3.70. The summed E-state index contributed by atoms with van der Waals surface area (Å²) in [5, 5.41) is -0.0310. The zero-order chi connectivity index (χ0) is 19.6. The second-order valence-electron chi connectivity index (χ2n) is 6.74. The Morgan fingerprint density at radius 2 is 1.85 bits per heavy atom. The number of fused-ring (bicyclic) bond motifs is 1. The molecular weight excluding hydrogens is 358 g/mol. The minimum atomic E-state index is -1.13. The number of rotatable bonds is 6. The second-order valence-corrected chi connectivity index (χ2v) is 6.74. The molecule has 0 N–H and O–H groups in total. The smallest absolute Gasteiger partial charge is 0.331 e. The van der Waals surface area contributed by atoms with Crippen LogP contribution in [0.4, 0.5) is 8.78 Å². The molecule has 1 aliphatic carbocycles. The molecule has 8 heteroatoms. The number of benzene rings is 1. The highest BCUT2D eigenvalue weighted by Gasteiger charge is 2.24. The van der Waals surface area contributed by atoms with Crippen molar-refractivity contribution in [3.63, 3.8) is 0 Å². The topological polar surface area (TPSA) is 70.3 Å². The molecule has 6 nitrogen and oxygen atoms in total. The monoisotopic (exact) mass is 380 g/mol. The number of halogens is 2. The van der Waals surface area contributed by atoms with Crippen molar-refractivity contribution in [1.82, 2.24) is 9.13 Å². The molecule has 0 unspecified atom stereocenters. The molecule has 146 valence electrons. The number of carbonyl (C=O) groups excluding carboxylic acids is 1. The van der Waals surface area contributed by atoms with E-state index in [0.717, 1.165) is 42.4 Å². The predicted molar refractivity (Wildman–Crippen MR) is 95.8 cm³/mol. The maximum atomic E-state index is 13.8. The largest absolute Gasteiger partial charge is 0.466 e. The first-order chi connectivity index (χ1) is 12.9. The molecule has 0 bridgehead atoms. The molecule has 3 rings (SSSR count). The van der Waals surface area contributed by atoms with Crippen LogP contribution in [0.25, 0.3) is 10.9 Å². The zero-order valence-electron chi connectivity index (χ0n) is 15.2. The van der Waals surface area contributed by atoms with Crippen molar-refractivity contribution in [3.8, 4) is 0 Å². The molecular formula is C19H22F2N2O4. The molecule has 1 aromatic heterocycles. The van der Waals surface area contributed by atoms with Gasteiger partial charge in [-0.25, -0.2) is 13.6 Å². The third kappa shape index (κ3) is 3.79. The van der Waals surface area contributed by atoms with Crippen molar-refractivity contribution in [1.29, 1.82) is 0 Å². The van der Waals surface area contributed by atoms with Crippen LogP contribution >= 0.6 is 0 Å². The number of hydrogen-bond acceptors (Lipinski definition) is 4. The van der Waals surface area contributed by atoms with Gasteiger partial charge < -0.3 is 4.74 Å². The summed E-state index contributed by atoms with van der Waals surface area (Å²) >= 11 is 0. The molecule has 1 saturated carbocycles. The van der Waals surface area contributed by atoms with Gasteiger partial charge in [-0.1, -0.05) is 12.8 Å². The van der Waals surface area contributed by atoms with Crippen molar-refractivity contribution < 1.29 is 18.3 Å². The van der Waals surface area contributed by atoms with Crippen LogP contribution < -0.4 is 11.2 Å².